The van der Waals surface area contributed by atoms with E-state index < -0.39 is 0 Å². The molecule has 1 aromatic carbocycles. The van der Waals surface area contributed by atoms with Crippen LogP contribution in [-0.4, -0.2) is 29.8 Å². The number of carbonyl (C=O) groups excluding carboxylic acids is 2. The molecule has 0 aliphatic rings. The van der Waals surface area contributed by atoms with Gasteiger partial charge >= 0.3 is 0 Å². The predicted molar refractivity (Wildman–Crippen MR) is 66.2 cm³/mol. The number of rotatable bonds is 5. The van der Waals surface area contributed by atoms with Gasteiger partial charge in [0.05, 0.1) is 0 Å². The Morgan fingerprint density at radius 3 is 2.35 bits per heavy atom. The highest BCUT2D eigenvalue weighted by Gasteiger charge is 2.08. The lowest BCUT2D eigenvalue weighted by Crippen LogP contribution is -2.36. The molecule has 0 fully saturated rings. The van der Waals surface area contributed by atoms with Crippen molar-refractivity contribution >= 4 is 11.8 Å². The van der Waals surface area contributed by atoms with Crippen LogP contribution in [0.25, 0.3) is 0 Å². The van der Waals surface area contributed by atoms with Gasteiger partial charge in [-0.05, 0) is 5.56 Å². The van der Waals surface area contributed by atoms with Gasteiger partial charge in [-0.25, -0.2) is 0 Å². The maximum atomic E-state index is 11.4. The molecule has 0 aliphatic carbocycles. The molecule has 0 atom stereocenters. The normalized spacial score (nSPS) is 9.76. The first-order valence-electron chi connectivity index (χ1n) is 5.63. The van der Waals surface area contributed by atoms with Crippen LogP contribution in [-0.2, 0) is 16.1 Å². The minimum atomic E-state index is -0.0757. The molecular formula is C13H18N2O2. The summed E-state index contributed by atoms with van der Waals surface area (Å²) in [6.07, 6.45) is 0. The lowest BCUT2D eigenvalue weighted by atomic mass is 10.2. The van der Waals surface area contributed by atoms with Crippen LogP contribution in [0.3, 0.4) is 0 Å². The molecule has 92 valence electrons. The number of nitrogens with one attached hydrogen (secondary N) is 1. The molecule has 0 spiro atoms. The zero-order valence-electron chi connectivity index (χ0n) is 10.3. The second-order valence-electron chi connectivity index (χ2n) is 3.91. The first-order chi connectivity index (χ1) is 8.09. The minimum Gasteiger partial charge on any atom is -0.355 e. The largest absolute Gasteiger partial charge is 0.355 e. The Bertz CT molecular complexity index is 376. The van der Waals surface area contributed by atoms with E-state index in [1.807, 2.05) is 30.3 Å². The van der Waals surface area contributed by atoms with Gasteiger partial charge in [0.25, 0.3) is 0 Å². The summed E-state index contributed by atoms with van der Waals surface area (Å²) in [5.41, 5.74) is 1.09. The number of amides is 2. The third-order valence-electron chi connectivity index (χ3n) is 2.42. The summed E-state index contributed by atoms with van der Waals surface area (Å²) in [7, 11) is 0. The van der Waals surface area contributed by atoms with Gasteiger partial charge in [0.15, 0.2) is 0 Å². The van der Waals surface area contributed by atoms with E-state index in [-0.39, 0.29) is 11.8 Å². The van der Waals surface area contributed by atoms with Crippen molar-refractivity contribution in [1.82, 2.24) is 10.2 Å². The van der Waals surface area contributed by atoms with Gasteiger partial charge < -0.3 is 10.2 Å². The molecule has 0 heterocycles. The molecule has 0 bridgehead atoms. The van der Waals surface area contributed by atoms with Gasteiger partial charge in [-0.3, -0.25) is 9.59 Å². The van der Waals surface area contributed by atoms with Crippen molar-refractivity contribution < 1.29 is 9.59 Å². The summed E-state index contributed by atoms with van der Waals surface area (Å²) in [6.45, 7) is 4.60. The molecule has 0 aliphatic heterocycles. The van der Waals surface area contributed by atoms with E-state index >= 15 is 0 Å². The van der Waals surface area contributed by atoms with E-state index in [9.17, 15) is 9.59 Å². The molecule has 4 heteroatoms. The van der Waals surface area contributed by atoms with Crippen molar-refractivity contribution in [2.24, 2.45) is 0 Å². The van der Waals surface area contributed by atoms with Crippen LogP contribution in [0.1, 0.15) is 19.4 Å². The summed E-state index contributed by atoms with van der Waals surface area (Å²) in [4.78, 5) is 23.9. The van der Waals surface area contributed by atoms with Crippen LogP contribution in [0.2, 0.25) is 0 Å². The van der Waals surface area contributed by atoms with Crippen LogP contribution >= 0.6 is 0 Å². The molecule has 1 rings (SSSR count). The monoisotopic (exact) mass is 234 g/mol. The molecule has 0 saturated carbocycles. The number of benzene rings is 1. The van der Waals surface area contributed by atoms with E-state index in [0.717, 1.165) is 5.56 Å². The molecule has 4 nitrogen and oxygen atoms in total. The van der Waals surface area contributed by atoms with Crippen molar-refractivity contribution in [2.45, 2.75) is 20.4 Å². The van der Waals surface area contributed by atoms with E-state index in [0.29, 0.717) is 19.6 Å². The second-order valence-corrected chi connectivity index (χ2v) is 3.91. The summed E-state index contributed by atoms with van der Waals surface area (Å²) >= 11 is 0. The van der Waals surface area contributed by atoms with Gasteiger partial charge in [0.1, 0.15) is 0 Å². The number of nitrogens with zero attached hydrogens (tertiary/aromatic N) is 1. The highest BCUT2D eigenvalue weighted by atomic mass is 16.2. The van der Waals surface area contributed by atoms with Crippen molar-refractivity contribution in [3.05, 3.63) is 35.9 Å². The smallest absolute Gasteiger partial charge is 0.219 e. The van der Waals surface area contributed by atoms with E-state index in [2.05, 4.69) is 5.32 Å². The molecule has 0 radical (unpaired) electrons. The summed E-state index contributed by atoms with van der Waals surface area (Å²) in [5, 5.41) is 2.68. The molecule has 1 aromatic rings. The Kier molecular flexibility index (Phi) is 5.20. The zero-order valence-corrected chi connectivity index (χ0v) is 10.3. The zero-order chi connectivity index (χ0) is 12.7. The summed E-state index contributed by atoms with van der Waals surface area (Å²) in [5.74, 6) is -0.0626. The van der Waals surface area contributed by atoms with Crippen molar-refractivity contribution in [2.75, 3.05) is 13.1 Å². The van der Waals surface area contributed by atoms with Crippen molar-refractivity contribution in [3.63, 3.8) is 0 Å². The average molecular weight is 234 g/mol. The fraction of sp³-hybridized carbons (Fsp3) is 0.385. The van der Waals surface area contributed by atoms with Crippen LogP contribution < -0.4 is 5.32 Å². The highest BCUT2D eigenvalue weighted by Crippen LogP contribution is 2.04. The van der Waals surface area contributed by atoms with Crippen LogP contribution in [0.15, 0.2) is 30.3 Å². The number of carbonyl (C=O) groups is 2. The number of hydrogen-bond acceptors (Lipinski definition) is 2. The maximum Gasteiger partial charge on any atom is 0.219 e. The Morgan fingerprint density at radius 2 is 1.82 bits per heavy atom. The molecular weight excluding hydrogens is 216 g/mol. The molecule has 0 saturated heterocycles. The van der Waals surface area contributed by atoms with E-state index in [1.165, 1.54) is 13.8 Å². The van der Waals surface area contributed by atoms with E-state index in [4.69, 9.17) is 0 Å². The molecule has 17 heavy (non-hydrogen) atoms. The lowest BCUT2D eigenvalue weighted by Gasteiger charge is -2.21. The summed E-state index contributed by atoms with van der Waals surface area (Å²) < 4.78 is 0. The van der Waals surface area contributed by atoms with Crippen molar-refractivity contribution in [3.8, 4) is 0 Å². The Labute approximate surface area is 102 Å². The number of hydrogen-bond donors (Lipinski definition) is 1. The van der Waals surface area contributed by atoms with Gasteiger partial charge in [-0.1, -0.05) is 30.3 Å². The second kappa shape index (κ2) is 6.68. The molecule has 2 amide bonds. The van der Waals surface area contributed by atoms with Crippen LogP contribution in [0, 0.1) is 0 Å². The molecule has 1 N–H and O–H groups in total. The van der Waals surface area contributed by atoms with Gasteiger partial charge in [0.2, 0.25) is 11.8 Å². The third-order valence-corrected chi connectivity index (χ3v) is 2.42. The fourth-order valence-electron chi connectivity index (χ4n) is 1.52. The quantitative estimate of drug-likeness (QED) is 0.831. The Morgan fingerprint density at radius 1 is 1.18 bits per heavy atom. The maximum absolute atomic E-state index is 11.4. The first kappa shape index (κ1) is 13.2. The third kappa shape index (κ3) is 5.15. The van der Waals surface area contributed by atoms with Gasteiger partial charge in [0, 0.05) is 33.5 Å². The Balaban J connectivity index is 2.49. The van der Waals surface area contributed by atoms with Crippen LogP contribution in [0.5, 0.6) is 0 Å². The first-order valence-corrected chi connectivity index (χ1v) is 5.63. The lowest BCUT2D eigenvalue weighted by molar-refractivity contribution is -0.130. The van der Waals surface area contributed by atoms with Crippen LogP contribution in [0.4, 0.5) is 0 Å². The van der Waals surface area contributed by atoms with Gasteiger partial charge in [-0.15, -0.1) is 0 Å². The highest BCUT2D eigenvalue weighted by molar-refractivity contribution is 5.74. The minimum absolute atomic E-state index is 0.0132. The topological polar surface area (TPSA) is 49.4 Å². The van der Waals surface area contributed by atoms with Crippen molar-refractivity contribution in [1.29, 1.82) is 0 Å². The van der Waals surface area contributed by atoms with E-state index in [1.54, 1.807) is 4.90 Å². The molecule has 0 unspecified atom stereocenters. The fourth-order valence-corrected chi connectivity index (χ4v) is 1.52. The predicted octanol–water partition coefficient (Wildman–Crippen LogP) is 1.17. The summed E-state index contributed by atoms with van der Waals surface area (Å²) in [6, 6.07) is 9.80. The Hall–Kier alpha value is -1.84. The standard InChI is InChI=1S/C13H18N2O2/c1-11(16)14-8-9-15(12(2)17)10-13-6-4-3-5-7-13/h3-7H,8-10H2,1-2H3,(H,14,16). The SMILES string of the molecule is CC(=O)NCCN(Cc1ccccc1)C(C)=O. The molecule has 0 aromatic heterocycles. The average Bonchev–Trinajstić information content (AvgIpc) is 2.28. The van der Waals surface area contributed by atoms with Gasteiger partial charge in [-0.2, -0.15) is 0 Å².